The Morgan fingerprint density at radius 2 is 1.94 bits per heavy atom. The van der Waals surface area contributed by atoms with E-state index in [4.69, 9.17) is 0 Å². The highest BCUT2D eigenvalue weighted by Gasteiger charge is 2.25. The van der Waals surface area contributed by atoms with Gasteiger partial charge in [0.25, 0.3) is 0 Å². The number of hydrogen-bond acceptors (Lipinski definition) is 3. The molecule has 0 amide bonds. The molecule has 3 heteroatoms. The molecule has 18 heavy (non-hydrogen) atoms. The van der Waals surface area contributed by atoms with Crippen molar-refractivity contribution in [1.82, 2.24) is 9.80 Å². The number of ketones is 1. The van der Waals surface area contributed by atoms with Crippen LogP contribution in [-0.2, 0) is 4.79 Å². The lowest BCUT2D eigenvalue weighted by Crippen LogP contribution is -2.41. The minimum atomic E-state index is -0.190. The third-order valence-corrected chi connectivity index (χ3v) is 3.96. The van der Waals surface area contributed by atoms with Gasteiger partial charge in [0.05, 0.1) is 0 Å². The highest BCUT2D eigenvalue weighted by molar-refractivity contribution is 5.83. The second-order valence-corrected chi connectivity index (χ2v) is 6.64. The second-order valence-electron chi connectivity index (χ2n) is 6.64. The first kappa shape index (κ1) is 15.6. The zero-order valence-corrected chi connectivity index (χ0v) is 12.8. The van der Waals surface area contributed by atoms with Gasteiger partial charge in [0.15, 0.2) is 0 Å². The van der Waals surface area contributed by atoms with Crippen molar-refractivity contribution in [2.24, 2.45) is 5.41 Å². The van der Waals surface area contributed by atoms with Gasteiger partial charge in [0.2, 0.25) is 0 Å². The summed E-state index contributed by atoms with van der Waals surface area (Å²) in [5.74, 6) is 0.384. The summed E-state index contributed by atoms with van der Waals surface area (Å²) in [6.45, 7) is 12.7. The number of hydrogen-bond donors (Lipinski definition) is 0. The zero-order chi connectivity index (χ0) is 13.8. The molecule has 3 nitrogen and oxygen atoms in total. The molecular weight excluding hydrogens is 224 g/mol. The van der Waals surface area contributed by atoms with Crippen molar-refractivity contribution in [2.45, 2.75) is 53.0 Å². The fourth-order valence-electron chi connectivity index (χ4n) is 2.59. The molecule has 0 N–H and O–H groups in total. The van der Waals surface area contributed by atoms with Crippen LogP contribution >= 0.6 is 0 Å². The monoisotopic (exact) mass is 254 g/mol. The van der Waals surface area contributed by atoms with E-state index in [2.05, 4.69) is 23.8 Å². The summed E-state index contributed by atoms with van der Waals surface area (Å²) >= 11 is 0. The molecular formula is C15H30N2O. The van der Waals surface area contributed by atoms with E-state index in [1.807, 2.05) is 20.8 Å². The molecule has 1 heterocycles. The van der Waals surface area contributed by atoms with Crippen molar-refractivity contribution >= 4 is 5.78 Å². The third-order valence-electron chi connectivity index (χ3n) is 3.96. The summed E-state index contributed by atoms with van der Waals surface area (Å²) in [5, 5.41) is 0. The van der Waals surface area contributed by atoms with Gasteiger partial charge in [-0.2, -0.15) is 0 Å². The van der Waals surface area contributed by atoms with E-state index in [0.29, 0.717) is 18.2 Å². The van der Waals surface area contributed by atoms with Crippen LogP contribution in [0.25, 0.3) is 0 Å². The molecule has 1 fully saturated rings. The number of likely N-dealkylation sites (N-methyl/N-ethyl adjacent to an activating group) is 1. The Balaban J connectivity index is 2.51. The molecule has 0 aliphatic carbocycles. The van der Waals surface area contributed by atoms with Gasteiger partial charge < -0.3 is 4.90 Å². The van der Waals surface area contributed by atoms with Crippen LogP contribution < -0.4 is 0 Å². The third kappa shape index (κ3) is 4.69. The maximum atomic E-state index is 12.0. The van der Waals surface area contributed by atoms with Crippen molar-refractivity contribution < 1.29 is 4.79 Å². The van der Waals surface area contributed by atoms with Gasteiger partial charge in [-0.25, -0.2) is 0 Å². The van der Waals surface area contributed by atoms with Crippen LogP contribution in [0.1, 0.15) is 47.0 Å². The highest BCUT2D eigenvalue weighted by Crippen LogP contribution is 2.18. The summed E-state index contributed by atoms with van der Waals surface area (Å²) in [5.41, 5.74) is -0.190. The number of Topliss-reactive ketones (excluding diaryl/α,β-unsaturated/α-hetero) is 1. The lowest BCUT2D eigenvalue weighted by molar-refractivity contribution is -0.126. The van der Waals surface area contributed by atoms with Gasteiger partial charge in [0, 0.05) is 31.0 Å². The molecule has 0 radical (unpaired) electrons. The molecule has 0 aromatic heterocycles. The van der Waals surface area contributed by atoms with E-state index in [1.165, 1.54) is 19.4 Å². The van der Waals surface area contributed by atoms with Gasteiger partial charge in [-0.3, -0.25) is 9.69 Å². The van der Waals surface area contributed by atoms with Crippen molar-refractivity contribution in [2.75, 3.05) is 33.2 Å². The fraction of sp³-hybridized carbons (Fsp3) is 0.933. The molecule has 1 aliphatic heterocycles. The fourth-order valence-corrected chi connectivity index (χ4v) is 2.59. The lowest BCUT2D eigenvalue weighted by Gasteiger charge is -2.30. The molecule has 1 atom stereocenters. The number of nitrogens with zero attached hydrogens (tertiary/aromatic N) is 2. The second kappa shape index (κ2) is 6.67. The van der Waals surface area contributed by atoms with E-state index in [1.54, 1.807) is 0 Å². The maximum absolute atomic E-state index is 12.0. The molecule has 0 aromatic carbocycles. The quantitative estimate of drug-likeness (QED) is 0.770. The highest BCUT2D eigenvalue weighted by atomic mass is 16.1. The molecule has 0 aromatic rings. The van der Waals surface area contributed by atoms with E-state index in [-0.39, 0.29) is 5.41 Å². The van der Waals surface area contributed by atoms with Gasteiger partial charge in [-0.05, 0) is 33.0 Å². The van der Waals surface area contributed by atoms with Gasteiger partial charge in [0.1, 0.15) is 5.78 Å². The summed E-state index contributed by atoms with van der Waals surface area (Å²) in [7, 11) is 2.20. The van der Waals surface area contributed by atoms with Gasteiger partial charge in [-0.1, -0.05) is 27.7 Å². The number of carbonyl (C=O) groups excluding carboxylic acids is 1. The minimum Gasteiger partial charge on any atom is -0.305 e. The average molecular weight is 254 g/mol. The summed E-state index contributed by atoms with van der Waals surface area (Å²) in [6, 6.07) is 0.616. The predicted molar refractivity (Wildman–Crippen MR) is 76.8 cm³/mol. The molecule has 106 valence electrons. The van der Waals surface area contributed by atoms with E-state index >= 15 is 0 Å². The van der Waals surface area contributed by atoms with Crippen molar-refractivity contribution in [3.8, 4) is 0 Å². The van der Waals surface area contributed by atoms with Crippen molar-refractivity contribution in [3.05, 3.63) is 0 Å². The van der Waals surface area contributed by atoms with Crippen molar-refractivity contribution in [1.29, 1.82) is 0 Å². The molecule has 0 spiro atoms. The first-order valence-electron chi connectivity index (χ1n) is 7.30. The standard InChI is InChI=1S/C15H30N2O/c1-6-13-12-16(5)9-7-10-17(13)11-8-14(18)15(2,3)4/h13H,6-12H2,1-5H3. The van der Waals surface area contributed by atoms with Crippen LogP contribution in [0.4, 0.5) is 0 Å². The molecule has 0 bridgehead atoms. The Bertz CT molecular complexity index is 270. The Hall–Kier alpha value is -0.410. The maximum Gasteiger partial charge on any atom is 0.139 e. The summed E-state index contributed by atoms with van der Waals surface area (Å²) in [4.78, 5) is 17.0. The Labute approximate surface area is 113 Å². The predicted octanol–water partition coefficient (Wildman–Crippen LogP) is 2.41. The van der Waals surface area contributed by atoms with E-state index in [0.717, 1.165) is 19.6 Å². The topological polar surface area (TPSA) is 23.6 Å². The molecule has 0 saturated carbocycles. The number of rotatable bonds is 4. The van der Waals surface area contributed by atoms with Crippen LogP contribution in [0.2, 0.25) is 0 Å². The van der Waals surface area contributed by atoms with Crippen LogP contribution in [0.3, 0.4) is 0 Å². The van der Waals surface area contributed by atoms with E-state index in [9.17, 15) is 4.79 Å². The largest absolute Gasteiger partial charge is 0.305 e. The molecule has 1 rings (SSSR count). The summed E-state index contributed by atoms with van der Waals surface area (Å²) in [6.07, 6.45) is 3.09. The normalized spacial score (nSPS) is 23.9. The van der Waals surface area contributed by atoms with Crippen LogP contribution in [0.15, 0.2) is 0 Å². The smallest absolute Gasteiger partial charge is 0.139 e. The van der Waals surface area contributed by atoms with Gasteiger partial charge >= 0.3 is 0 Å². The van der Waals surface area contributed by atoms with Gasteiger partial charge in [-0.15, -0.1) is 0 Å². The Morgan fingerprint density at radius 3 is 2.50 bits per heavy atom. The van der Waals surface area contributed by atoms with Crippen molar-refractivity contribution in [3.63, 3.8) is 0 Å². The number of carbonyl (C=O) groups is 1. The summed E-state index contributed by atoms with van der Waals surface area (Å²) < 4.78 is 0. The first-order valence-corrected chi connectivity index (χ1v) is 7.30. The lowest BCUT2D eigenvalue weighted by atomic mass is 9.89. The SMILES string of the molecule is CCC1CN(C)CCCN1CCC(=O)C(C)(C)C. The average Bonchev–Trinajstić information content (AvgIpc) is 2.46. The zero-order valence-electron chi connectivity index (χ0n) is 12.8. The first-order chi connectivity index (χ1) is 8.34. The van der Waals surface area contributed by atoms with Crippen LogP contribution in [0, 0.1) is 5.41 Å². The molecule has 1 saturated heterocycles. The van der Waals surface area contributed by atoms with E-state index < -0.39 is 0 Å². The Kier molecular flexibility index (Phi) is 5.80. The van der Waals surface area contributed by atoms with Crippen LogP contribution in [0.5, 0.6) is 0 Å². The molecule has 1 aliphatic rings. The minimum absolute atomic E-state index is 0.190. The molecule has 1 unspecified atom stereocenters. The Morgan fingerprint density at radius 1 is 1.28 bits per heavy atom. The van der Waals surface area contributed by atoms with Crippen LogP contribution in [-0.4, -0.2) is 54.9 Å².